The molecule has 0 spiro atoms. The highest BCUT2D eigenvalue weighted by atomic mass is 127. The molecule has 0 fully saturated rings. The number of halogens is 6. The molecule has 0 atom stereocenters. The summed E-state index contributed by atoms with van der Waals surface area (Å²) in [6, 6.07) is 0. The topological polar surface area (TPSA) is 56.0 Å². The molecule has 0 aliphatic carbocycles. The number of hydrogen-bond acceptors (Lipinski definition) is 3. The lowest BCUT2D eigenvalue weighted by Gasteiger charge is -2.11. The standard InChI is InChI=1S/C7H2F5IN2O2/c8-5(9)3-2(7(10,11)12)1-14-6(4(3)13)15(16)17/h1,5H. The Labute approximate surface area is 104 Å². The van der Waals surface area contributed by atoms with Gasteiger partial charge in [-0.1, -0.05) is 0 Å². The van der Waals surface area contributed by atoms with Gasteiger partial charge < -0.3 is 10.1 Å². The highest BCUT2D eigenvalue weighted by Gasteiger charge is 2.40. The van der Waals surface area contributed by atoms with Crippen molar-refractivity contribution in [3.63, 3.8) is 0 Å². The molecule has 1 aromatic heterocycles. The van der Waals surface area contributed by atoms with Crippen LogP contribution in [-0.4, -0.2) is 9.91 Å². The molecule has 0 N–H and O–H groups in total. The summed E-state index contributed by atoms with van der Waals surface area (Å²) in [6.07, 6.45) is -8.46. The summed E-state index contributed by atoms with van der Waals surface area (Å²) in [4.78, 5) is 12.2. The Balaban J connectivity index is 3.57. The van der Waals surface area contributed by atoms with Gasteiger partial charge in [0.1, 0.15) is 9.13 Å². The molecule has 4 nitrogen and oxygen atoms in total. The predicted octanol–water partition coefficient (Wildman–Crippen LogP) is 3.55. The Morgan fingerprint density at radius 1 is 1.41 bits per heavy atom. The van der Waals surface area contributed by atoms with Crippen molar-refractivity contribution in [2.75, 3.05) is 0 Å². The van der Waals surface area contributed by atoms with Gasteiger partial charge in [-0.3, -0.25) is 0 Å². The lowest BCUT2D eigenvalue weighted by Crippen LogP contribution is -2.13. The number of hydrogen-bond donors (Lipinski definition) is 0. The summed E-state index contributed by atoms with van der Waals surface area (Å²) in [5.41, 5.74) is -3.08. The van der Waals surface area contributed by atoms with Crippen LogP contribution >= 0.6 is 22.6 Å². The van der Waals surface area contributed by atoms with E-state index in [1.165, 1.54) is 0 Å². The maximum absolute atomic E-state index is 12.5. The van der Waals surface area contributed by atoms with E-state index in [1.807, 2.05) is 0 Å². The van der Waals surface area contributed by atoms with Crippen LogP contribution in [0.4, 0.5) is 27.8 Å². The predicted molar refractivity (Wildman–Crippen MR) is 53.6 cm³/mol. The number of aromatic nitrogens is 1. The van der Waals surface area contributed by atoms with Crippen LogP contribution in [0.1, 0.15) is 17.6 Å². The maximum atomic E-state index is 12.5. The zero-order valence-electron chi connectivity index (χ0n) is 7.63. The lowest BCUT2D eigenvalue weighted by molar-refractivity contribution is -0.390. The Hall–Kier alpha value is -1.07. The highest BCUT2D eigenvalue weighted by Crippen LogP contribution is 2.40. The highest BCUT2D eigenvalue weighted by molar-refractivity contribution is 14.1. The average Bonchev–Trinajstić information content (AvgIpc) is 2.14. The van der Waals surface area contributed by atoms with Crippen LogP contribution in [-0.2, 0) is 6.18 Å². The molecule has 1 heterocycles. The SMILES string of the molecule is O=[N+]([O-])c1ncc(C(F)(F)F)c(C(F)F)c1I. The van der Waals surface area contributed by atoms with Gasteiger partial charge in [0.05, 0.1) is 5.56 Å². The second-order valence-corrected chi connectivity index (χ2v) is 3.86. The summed E-state index contributed by atoms with van der Waals surface area (Å²) in [7, 11) is 0. The third-order valence-electron chi connectivity index (χ3n) is 1.74. The minimum Gasteiger partial charge on any atom is -0.358 e. The zero-order valence-corrected chi connectivity index (χ0v) is 9.79. The molecule has 17 heavy (non-hydrogen) atoms. The summed E-state index contributed by atoms with van der Waals surface area (Å²) in [5.74, 6) is -1.02. The molecule has 10 heteroatoms. The van der Waals surface area contributed by atoms with Gasteiger partial charge in [0.15, 0.2) is 6.20 Å². The molecule has 0 saturated carbocycles. The fraction of sp³-hybridized carbons (Fsp3) is 0.286. The molecule has 1 rings (SSSR count). The molecule has 0 aromatic carbocycles. The third kappa shape index (κ3) is 2.79. The van der Waals surface area contributed by atoms with E-state index in [-0.39, 0.29) is 6.20 Å². The van der Waals surface area contributed by atoms with Crippen LogP contribution in [0.25, 0.3) is 0 Å². The van der Waals surface area contributed by atoms with E-state index in [9.17, 15) is 32.1 Å². The van der Waals surface area contributed by atoms with E-state index < -0.39 is 38.0 Å². The van der Waals surface area contributed by atoms with E-state index >= 15 is 0 Å². The maximum Gasteiger partial charge on any atom is 0.420 e. The van der Waals surface area contributed by atoms with Crippen LogP contribution in [0.5, 0.6) is 0 Å². The van der Waals surface area contributed by atoms with Crippen molar-refractivity contribution in [1.82, 2.24) is 4.98 Å². The summed E-state index contributed by atoms with van der Waals surface area (Å²) >= 11 is 1.05. The fourth-order valence-electron chi connectivity index (χ4n) is 1.06. The second-order valence-electron chi connectivity index (χ2n) is 2.78. The second kappa shape index (κ2) is 4.66. The average molecular weight is 368 g/mol. The lowest BCUT2D eigenvalue weighted by atomic mass is 10.1. The van der Waals surface area contributed by atoms with E-state index in [4.69, 9.17) is 0 Å². The van der Waals surface area contributed by atoms with Gasteiger partial charge >= 0.3 is 12.0 Å². The Morgan fingerprint density at radius 2 is 1.94 bits per heavy atom. The first kappa shape index (κ1) is 14.0. The van der Waals surface area contributed by atoms with Gasteiger partial charge in [0.2, 0.25) is 0 Å². The molecule has 0 saturated heterocycles. The first-order chi connectivity index (χ1) is 7.66. The largest absolute Gasteiger partial charge is 0.420 e. The molecule has 0 aliphatic heterocycles. The van der Waals surface area contributed by atoms with Gasteiger partial charge in [0, 0.05) is 0 Å². The summed E-state index contributed by atoms with van der Waals surface area (Å²) < 4.78 is 61.3. The monoisotopic (exact) mass is 368 g/mol. The number of alkyl halides is 5. The molecule has 0 radical (unpaired) electrons. The van der Waals surface area contributed by atoms with Gasteiger partial charge in [-0.15, -0.1) is 0 Å². The van der Waals surface area contributed by atoms with Gasteiger partial charge in [0.25, 0.3) is 6.43 Å². The zero-order chi connectivity index (χ0) is 13.4. The van der Waals surface area contributed by atoms with Gasteiger partial charge in [-0.2, -0.15) is 13.2 Å². The molecule has 0 unspecified atom stereocenters. The van der Waals surface area contributed by atoms with Crippen LogP contribution in [0, 0.1) is 13.7 Å². The molecular weight excluding hydrogens is 366 g/mol. The van der Waals surface area contributed by atoms with E-state index in [0.29, 0.717) is 0 Å². The first-order valence-corrected chi connectivity index (χ1v) is 4.92. The van der Waals surface area contributed by atoms with Crippen LogP contribution in [0.3, 0.4) is 0 Å². The van der Waals surface area contributed by atoms with Crippen molar-refractivity contribution >= 4 is 28.4 Å². The number of rotatable bonds is 2. The molecule has 0 aliphatic rings. The molecule has 0 amide bonds. The molecule has 1 aromatic rings. The fourth-order valence-corrected chi connectivity index (χ4v) is 1.92. The molecule has 0 bridgehead atoms. The van der Waals surface area contributed by atoms with Crippen LogP contribution in [0.15, 0.2) is 6.20 Å². The number of pyridine rings is 1. The van der Waals surface area contributed by atoms with Crippen molar-refractivity contribution in [2.24, 2.45) is 0 Å². The summed E-state index contributed by atoms with van der Waals surface area (Å²) in [5, 5.41) is 10.4. The van der Waals surface area contributed by atoms with Crippen LogP contribution < -0.4 is 0 Å². The van der Waals surface area contributed by atoms with Crippen molar-refractivity contribution in [2.45, 2.75) is 12.6 Å². The minimum atomic E-state index is -5.03. The van der Waals surface area contributed by atoms with Crippen LogP contribution in [0.2, 0.25) is 0 Å². The first-order valence-electron chi connectivity index (χ1n) is 3.84. The minimum absolute atomic E-state index is 0.0434. The number of nitro groups is 1. The van der Waals surface area contributed by atoms with Crippen molar-refractivity contribution < 1.29 is 26.9 Å². The quantitative estimate of drug-likeness (QED) is 0.347. The molecule has 94 valence electrons. The Kier molecular flexibility index (Phi) is 3.84. The Bertz CT molecular complexity index is 462. The van der Waals surface area contributed by atoms with Crippen molar-refractivity contribution in [3.05, 3.63) is 31.0 Å². The smallest absolute Gasteiger partial charge is 0.358 e. The van der Waals surface area contributed by atoms with E-state index in [2.05, 4.69) is 4.98 Å². The van der Waals surface area contributed by atoms with Gasteiger partial charge in [-0.25, -0.2) is 8.78 Å². The molecular formula is C7H2F5IN2O2. The van der Waals surface area contributed by atoms with Crippen molar-refractivity contribution in [1.29, 1.82) is 0 Å². The third-order valence-corrected chi connectivity index (χ3v) is 2.80. The van der Waals surface area contributed by atoms with E-state index in [0.717, 1.165) is 22.6 Å². The normalized spacial score (nSPS) is 11.9. The van der Waals surface area contributed by atoms with E-state index in [1.54, 1.807) is 0 Å². The summed E-state index contributed by atoms with van der Waals surface area (Å²) in [6.45, 7) is 0. The number of nitrogens with zero attached hydrogens (tertiary/aromatic N) is 2. The van der Waals surface area contributed by atoms with Gasteiger partial charge in [-0.05, 0) is 32.5 Å². The van der Waals surface area contributed by atoms with Crippen molar-refractivity contribution in [3.8, 4) is 0 Å². The Morgan fingerprint density at radius 3 is 2.29 bits per heavy atom.